The molecule has 2 aromatic rings. The summed E-state index contributed by atoms with van der Waals surface area (Å²) in [6.45, 7) is 3.59. The maximum atomic E-state index is 12.1. The quantitative estimate of drug-likeness (QED) is 0.416. The van der Waals surface area contributed by atoms with Crippen LogP contribution in [0.5, 0.6) is 5.88 Å². The summed E-state index contributed by atoms with van der Waals surface area (Å²) < 4.78 is 29.8. The Kier molecular flexibility index (Phi) is 7.48. The summed E-state index contributed by atoms with van der Waals surface area (Å²) in [6.07, 6.45) is 2.61. The molecule has 0 aromatic carbocycles. The van der Waals surface area contributed by atoms with Gasteiger partial charge in [-0.3, -0.25) is 19.0 Å². The monoisotopic (exact) mass is 490 g/mol. The molecule has 12 heteroatoms. The van der Waals surface area contributed by atoms with Gasteiger partial charge in [-0.25, -0.2) is 9.97 Å². The molecule has 0 amide bonds. The molecule has 35 heavy (non-hydrogen) atoms. The van der Waals surface area contributed by atoms with Gasteiger partial charge in [0, 0.05) is 26.7 Å². The van der Waals surface area contributed by atoms with Crippen molar-refractivity contribution in [1.82, 2.24) is 19.5 Å². The lowest BCUT2D eigenvalue weighted by molar-refractivity contribution is -0.166. The van der Waals surface area contributed by atoms with Gasteiger partial charge < -0.3 is 23.7 Å². The number of hydrogen-bond donors (Lipinski definition) is 0. The summed E-state index contributed by atoms with van der Waals surface area (Å²) in [5.41, 5.74) is 0.891. The predicted molar refractivity (Wildman–Crippen MR) is 119 cm³/mol. The highest BCUT2D eigenvalue weighted by molar-refractivity contribution is 5.77. The van der Waals surface area contributed by atoms with Crippen molar-refractivity contribution in [1.29, 1.82) is 0 Å². The number of ether oxygens (including phenoxy) is 5. The van der Waals surface area contributed by atoms with Crippen molar-refractivity contribution in [3.05, 3.63) is 12.2 Å². The molecular weight excluding hydrogens is 460 g/mol. The lowest BCUT2D eigenvalue weighted by Gasteiger charge is -2.27. The third-order valence-electron chi connectivity index (χ3n) is 6.23. The van der Waals surface area contributed by atoms with E-state index in [1.807, 2.05) is 0 Å². The average molecular weight is 491 g/mol. The van der Waals surface area contributed by atoms with Crippen LogP contribution in [0.25, 0.3) is 11.2 Å². The molecule has 1 saturated heterocycles. The fraction of sp³-hybridized carbons (Fsp3) is 0.652. The molecule has 2 aromatic heterocycles. The number of methoxy groups -OCH3 is 1. The predicted octanol–water partition coefficient (Wildman–Crippen LogP) is 2.21. The molecule has 2 aliphatic rings. The van der Waals surface area contributed by atoms with E-state index in [0.717, 1.165) is 32.1 Å². The summed E-state index contributed by atoms with van der Waals surface area (Å²) in [4.78, 5) is 49.0. The summed E-state index contributed by atoms with van der Waals surface area (Å²) in [5.74, 6) is -0.558. The largest absolute Gasteiger partial charge is 0.479 e. The van der Waals surface area contributed by atoms with Crippen LogP contribution in [0.4, 0.5) is 0 Å². The lowest BCUT2D eigenvalue weighted by atomic mass is 9.88. The lowest BCUT2D eigenvalue weighted by Crippen LogP contribution is -2.40. The van der Waals surface area contributed by atoms with E-state index < -0.39 is 42.4 Å². The first-order valence-corrected chi connectivity index (χ1v) is 11.7. The number of carbonyl (C=O) groups is 3. The second kappa shape index (κ2) is 10.5. The third-order valence-corrected chi connectivity index (χ3v) is 6.23. The number of rotatable bonds is 7. The first-order chi connectivity index (χ1) is 16.8. The van der Waals surface area contributed by atoms with Gasteiger partial charge in [0.1, 0.15) is 24.9 Å². The zero-order chi connectivity index (χ0) is 25.1. The van der Waals surface area contributed by atoms with Gasteiger partial charge in [-0.2, -0.15) is 4.98 Å². The molecule has 12 nitrogen and oxygen atoms in total. The van der Waals surface area contributed by atoms with E-state index in [2.05, 4.69) is 9.97 Å². The fourth-order valence-electron chi connectivity index (χ4n) is 4.85. The van der Waals surface area contributed by atoms with Crippen molar-refractivity contribution in [2.75, 3.05) is 13.7 Å². The molecule has 1 saturated carbocycles. The number of carbonyl (C=O) groups excluding carboxylic acids is 3. The van der Waals surface area contributed by atoms with Crippen LogP contribution >= 0.6 is 0 Å². The van der Waals surface area contributed by atoms with Gasteiger partial charge in [-0.15, -0.1) is 0 Å². The third kappa shape index (κ3) is 5.21. The van der Waals surface area contributed by atoms with E-state index in [0.29, 0.717) is 22.9 Å². The Labute approximate surface area is 202 Å². The van der Waals surface area contributed by atoms with Gasteiger partial charge >= 0.3 is 17.9 Å². The minimum Gasteiger partial charge on any atom is -0.479 e. The van der Waals surface area contributed by atoms with Crippen molar-refractivity contribution in [2.45, 2.75) is 83.3 Å². The molecule has 1 aliphatic heterocycles. The highest BCUT2D eigenvalue weighted by Gasteiger charge is 2.52. The zero-order valence-corrected chi connectivity index (χ0v) is 20.3. The van der Waals surface area contributed by atoms with E-state index >= 15 is 0 Å². The Morgan fingerprint density at radius 3 is 2.31 bits per heavy atom. The Morgan fingerprint density at radius 2 is 1.69 bits per heavy atom. The number of aromatic nitrogens is 4. The average Bonchev–Trinajstić information content (AvgIpc) is 3.36. The van der Waals surface area contributed by atoms with Gasteiger partial charge in [0.15, 0.2) is 29.6 Å². The van der Waals surface area contributed by atoms with E-state index in [1.165, 1.54) is 34.2 Å². The normalized spacial score (nSPS) is 24.8. The minimum absolute atomic E-state index is 0.115. The van der Waals surface area contributed by atoms with E-state index in [9.17, 15) is 14.4 Å². The minimum atomic E-state index is -1.03. The molecule has 0 radical (unpaired) electrons. The van der Waals surface area contributed by atoms with Crippen molar-refractivity contribution >= 4 is 29.1 Å². The molecule has 4 rings (SSSR count). The molecular formula is C23H30N4O8. The Morgan fingerprint density at radius 1 is 1.00 bits per heavy atom. The molecule has 0 N–H and O–H groups in total. The summed E-state index contributed by atoms with van der Waals surface area (Å²) in [6, 6.07) is 0. The Hall–Kier alpha value is -3.28. The molecule has 2 unspecified atom stereocenters. The molecule has 0 spiro atoms. The molecule has 4 atom stereocenters. The first-order valence-electron chi connectivity index (χ1n) is 11.7. The van der Waals surface area contributed by atoms with Crippen molar-refractivity contribution in [3.63, 3.8) is 0 Å². The van der Waals surface area contributed by atoms with Gasteiger partial charge in [0.2, 0.25) is 5.88 Å². The summed E-state index contributed by atoms with van der Waals surface area (Å²) >= 11 is 0. The van der Waals surface area contributed by atoms with Crippen LogP contribution < -0.4 is 4.74 Å². The van der Waals surface area contributed by atoms with Crippen LogP contribution in [0.15, 0.2) is 6.33 Å². The van der Waals surface area contributed by atoms with Crippen LogP contribution in [0.3, 0.4) is 0 Å². The first kappa shape index (κ1) is 24.8. The second-order valence-electron chi connectivity index (χ2n) is 8.75. The number of esters is 3. The maximum Gasteiger partial charge on any atom is 0.303 e. The number of hydrogen-bond acceptors (Lipinski definition) is 11. The highest BCUT2D eigenvalue weighted by atomic mass is 16.7. The number of imidazole rings is 1. The SMILES string of the molecule is COc1ncnc2c1nc(C1CCCCC1)n2[C@@H]1O[C@H](COC(C)=O)C(OC(C)=O)C1OC(C)=O. The Bertz CT molecular complexity index is 1100. The molecule has 3 heterocycles. The van der Waals surface area contributed by atoms with Crippen LogP contribution in [0.2, 0.25) is 0 Å². The van der Waals surface area contributed by atoms with Crippen LogP contribution in [-0.4, -0.2) is 69.5 Å². The highest BCUT2D eigenvalue weighted by Crippen LogP contribution is 2.41. The van der Waals surface area contributed by atoms with Gasteiger partial charge in [-0.05, 0) is 12.8 Å². The molecule has 2 fully saturated rings. The van der Waals surface area contributed by atoms with Gasteiger partial charge in [0.25, 0.3) is 0 Å². The summed E-state index contributed by atoms with van der Waals surface area (Å²) in [7, 11) is 1.50. The fourth-order valence-corrected chi connectivity index (χ4v) is 4.85. The number of fused-ring (bicyclic) bond motifs is 1. The number of nitrogens with zero attached hydrogens (tertiary/aromatic N) is 4. The van der Waals surface area contributed by atoms with Gasteiger partial charge in [-0.1, -0.05) is 19.3 Å². The zero-order valence-electron chi connectivity index (χ0n) is 20.3. The maximum absolute atomic E-state index is 12.1. The van der Waals surface area contributed by atoms with Crippen molar-refractivity contribution in [3.8, 4) is 5.88 Å². The second-order valence-corrected chi connectivity index (χ2v) is 8.75. The molecule has 190 valence electrons. The summed E-state index contributed by atoms with van der Waals surface area (Å²) in [5, 5.41) is 0. The van der Waals surface area contributed by atoms with Gasteiger partial charge in [0.05, 0.1) is 7.11 Å². The van der Waals surface area contributed by atoms with Crippen molar-refractivity contribution < 1.29 is 38.1 Å². The molecule has 0 bridgehead atoms. The van der Waals surface area contributed by atoms with E-state index in [4.69, 9.17) is 28.7 Å². The Balaban J connectivity index is 1.85. The van der Waals surface area contributed by atoms with Crippen LogP contribution in [0, 0.1) is 0 Å². The topological polar surface area (TPSA) is 141 Å². The smallest absolute Gasteiger partial charge is 0.303 e. The standard InChI is InChI=1S/C23H30N4O8/c1-12(28)32-10-16-18(33-13(2)29)19(34-14(3)30)23(35-16)27-20(15-8-6-5-7-9-15)26-17-21(27)24-11-25-22(17)31-4/h11,15-16,18-19,23H,5-10H2,1-4H3/t16-,18?,19?,23-/m1/s1. The molecule has 1 aliphatic carbocycles. The van der Waals surface area contributed by atoms with Crippen molar-refractivity contribution in [2.24, 2.45) is 0 Å². The van der Waals surface area contributed by atoms with E-state index in [1.54, 1.807) is 4.57 Å². The van der Waals surface area contributed by atoms with Crippen LogP contribution in [-0.2, 0) is 33.3 Å². The van der Waals surface area contributed by atoms with E-state index in [-0.39, 0.29) is 12.5 Å². The van der Waals surface area contributed by atoms with Crippen LogP contribution in [0.1, 0.15) is 70.8 Å².